The van der Waals surface area contributed by atoms with Gasteiger partial charge in [-0.05, 0) is 42.8 Å². The summed E-state index contributed by atoms with van der Waals surface area (Å²) in [6.45, 7) is 2.04. The first-order valence-corrected chi connectivity index (χ1v) is 8.39. The maximum Gasteiger partial charge on any atom is 0.157 e. The van der Waals surface area contributed by atoms with E-state index in [-0.39, 0.29) is 17.5 Å². The number of aromatic nitrogens is 2. The highest BCUT2D eigenvalue weighted by molar-refractivity contribution is 5.86. The summed E-state index contributed by atoms with van der Waals surface area (Å²) in [5, 5.41) is 24.3. The fourth-order valence-electron chi connectivity index (χ4n) is 3.33. The summed E-state index contributed by atoms with van der Waals surface area (Å²) in [5.74, 6) is -0.275. The number of rotatable bonds is 4. The van der Waals surface area contributed by atoms with Crippen molar-refractivity contribution in [3.8, 4) is 11.5 Å². The van der Waals surface area contributed by atoms with E-state index in [1.807, 2.05) is 43.3 Å². The van der Waals surface area contributed by atoms with Gasteiger partial charge in [0.25, 0.3) is 0 Å². The highest BCUT2D eigenvalue weighted by Crippen LogP contribution is 2.37. The molecule has 2 aromatic carbocycles. The van der Waals surface area contributed by atoms with Gasteiger partial charge < -0.3 is 20.5 Å². The van der Waals surface area contributed by atoms with Crippen molar-refractivity contribution in [2.75, 3.05) is 5.32 Å². The number of para-hydroxylation sites is 1. The highest BCUT2D eigenvalue weighted by atomic mass is 16.3. The van der Waals surface area contributed by atoms with Crippen molar-refractivity contribution in [2.45, 2.75) is 13.0 Å². The van der Waals surface area contributed by atoms with Gasteiger partial charge in [0.15, 0.2) is 11.5 Å². The Kier molecular flexibility index (Phi) is 3.97. The van der Waals surface area contributed by atoms with Gasteiger partial charge in [0, 0.05) is 34.6 Å². The van der Waals surface area contributed by atoms with E-state index in [4.69, 9.17) is 0 Å². The Morgan fingerprint density at radius 1 is 1.00 bits per heavy atom. The fraction of sp³-hybridized carbons (Fsp3) is 0.0952. The number of hydrogen-bond acceptors (Lipinski definition) is 4. The lowest BCUT2D eigenvalue weighted by molar-refractivity contribution is 0.403. The second-order valence-corrected chi connectivity index (χ2v) is 6.28. The Balaban J connectivity index is 1.89. The van der Waals surface area contributed by atoms with Crippen LogP contribution in [-0.4, -0.2) is 20.2 Å². The third-order valence-electron chi connectivity index (χ3n) is 4.54. The Labute approximate surface area is 151 Å². The van der Waals surface area contributed by atoms with Gasteiger partial charge >= 0.3 is 0 Å². The molecule has 130 valence electrons. The summed E-state index contributed by atoms with van der Waals surface area (Å²) in [4.78, 5) is 7.59. The van der Waals surface area contributed by atoms with Crippen molar-refractivity contribution in [1.29, 1.82) is 0 Å². The van der Waals surface area contributed by atoms with Gasteiger partial charge in [-0.15, -0.1) is 0 Å². The molecule has 0 fully saturated rings. The molecule has 0 aliphatic heterocycles. The standard InChI is InChI=1S/C21H19N3O2/c1-13-20(16-6-2-3-7-17(16)23-13)21(24-15-5-4-10-22-12-15)14-8-9-18(25)19(26)11-14/h2-12,21,23-26H,1H3. The molecule has 0 radical (unpaired) electrons. The average Bonchev–Trinajstić information content (AvgIpc) is 2.99. The quantitative estimate of drug-likeness (QED) is 0.411. The molecular weight excluding hydrogens is 326 g/mol. The molecule has 0 aliphatic rings. The number of hydrogen-bond donors (Lipinski definition) is 4. The summed E-state index contributed by atoms with van der Waals surface area (Å²) in [7, 11) is 0. The predicted octanol–water partition coefficient (Wildman–Crippen LogP) is 4.48. The number of aromatic amines is 1. The van der Waals surface area contributed by atoms with Crippen LogP contribution in [0.2, 0.25) is 0 Å². The van der Waals surface area contributed by atoms with E-state index >= 15 is 0 Å². The third kappa shape index (κ3) is 2.84. The number of aryl methyl sites for hydroxylation is 1. The number of H-pyrrole nitrogens is 1. The summed E-state index contributed by atoms with van der Waals surface area (Å²) in [6, 6.07) is 16.6. The number of pyridine rings is 1. The predicted molar refractivity (Wildman–Crippen MR) is 103 cm³/mol. The molecule has 26 heavy (non-hydrogen) atoms. The third-order valence-corrected chi connectivity index (χ3v) is 4.54. The number of phenolic OH excluding ortho intramolecular Hbond substituents is 2. The van der Waals surface area contributed by atoms with Crippen molar-refractivity contribution < 1.29 is 10.2 Å². The Morgan fingerprint density at radius 3 is 2.62 bits per heavy atom. The Morgan fingerprint density at radius 2 is 1.85 bits per heavy atom. The smallest absolute Gasteiger partial charge is 0.157 e. The van der Waals surface area contributed by atoms with E-state index in [1.165, 1.54) is 6.07 Å². The van der Waals surface area contributed by atoms with Crippen LogP contribution in [0.15, 0.2) is 67.0 Å². The molecule has 4 rings (SSSR count). The number of nitrogens with zero attached hydrogens (tertiary/aromatic N) is 1. The fourth-order valence-corrected chi connectivity index (χ4v) is 3.33. The van der Waals surface area contributed by atoms with Crippen LogP contribution in [-0.2, 0) is 0 Å². The lowest BCUT2D eigenvalue weighted by atomic mass is 9.95. The number of fused-ring (bicyclic) bond motifs is 1. The first-order valence-electron chi connectivity index (χ1n) is 8.39. The van der Waals surface area contributed by atoms with Gasteiger partial charge in [-0.3, -0.25) is 4.98 Å². The van der Waals surface area contributed by atoms with Crippen LogP contribution in [0.1, 0.15) is 22.9 Å². The summed E-state index contributed by atoms with van der Waals surface area (Å²) < 4.78 is 0. The number of benzene rings is 2. The molecule has 4 aromatic rings. The van der Waals surface area contributed by atoms with Crippen molar-refractivity contribution >= 4 is 16.6 Å². The average molecular weight is 345 g/mol. The van der Waals surface area contributed by atoms with Crippen molar-refractivity contribution in [1.82, 2.24) is 9.97 Å². The lowest BCUT2D eigenvalue weighted by Gasteiger charge is -2.22. The normalized spacial score (nSPS) is 12.2. The number of phenols is 2. The molecule has 0 amide bonds. The molecule has 5 heteroatoms. The Hall–Kier alpha value is -3.47. The molecule has 0 saturated heterocycles. The summed E-state index contributed by atoms with van der Waals surface area (Å²) in [6.07, 6.45) is 3.49. The second kappa shape index (κ2) is 6.44. The molecule has 0 spiro atoms. The topological polar surface area (TPSA) is 81.2 Å². The molecule has 5 nitrogen and oxygen atoms in total. The Bertz CT molecular complexity index is 1060. The van der Waals surface area contributed by atoms with Crippen LogP contribution in [0, 0.1) is 6.92 Å². The zero-order valence-electron chi connectivity index (χ0n) is 14.3. The van der Waals surface area contributed by atoms with Crippen molar-refractivity contribution in [3.63, 3.8) is 0 Å². The molecule has 2 heterocycles. The minimum Gasteiger partial charge on any atom is -0.504 e. The van der Waals surface area contributed by atoms with E-state index < -0.39 is 0 Å². The van der Waals surface area contributed by atoms with E-state index in [9.17, 15) is 10.2 Å². The van der Waals surface area contributed by atoms with Gasteiger partial charge in [-0.25, -0.2) is 0 Å². The van der Waals surface area contributed by atoms with Crippen LogP contribution in [0.3, 0.4) is 0 Å². The number of aromatic hydroxyl groups is 2. The van der Waals surface area contributed by atoms with Gasteiger partial charge in [0.05, 0.1) is 11.7 Å². The van der Waals surface area contributed by atoms with Gasteiger partial charge in [0.2, 0.25) is 0 Å². The summed E-state index contributed by atoms with van der Waals surface area (Å²) >= 11 is 0. The van der Waals surface area contributed by atoms with Gasteiger partial charge in [-0.1, -0.05) is 24.3 Å². The number of anilines is 1. The van der Waals surface area contributed by atoms with E-state index in [0.717, 1.165) is 33.4 Å². The van der Waals surface area contributed by atoms with Crippen LogP contribution in [0.5, 0.6) is 11.5 Å². The zero-order chi connectivity index (χ0) is 18.1. The minimum atomic E-state index is -0.221. The molecular formula is C21H19N3O2. The van der Waals surface area contributed by atoms with E-state index in [1.54, 1.807) is 18.5 Å². The molecule has 1 atom stereocenters. The van der Waals surface area contributed by atoms with Crippen molar-refractivity contribution in [2.24, 2.45) is 0 Å². The molecule has 0 bridgehead atoms. The van der Waals surface area contributed by atoms with E-state index in [2.05, 4.69) is 21.4 Å². The van der Waals surface area contributed by atoms with Crippen LogP contribution < -0.4 is 5.32 Å². The molecule has 0 aliphatic carbocycles. The van der Waals surface area contributed by atoms with Crippen LogP contribution in [0.25, 0.3) is 10.9 Å². The van der Waals surface area contributed by atoms with Gasteiger partial charge in [0.1, 0.15) is 0 Å². The maximum absolute atomic E-state index is 10.00. The van der Waals surface area contributed by atoms with Gasteiger partial charge in [-0.2, -0.15) is 0 Å². The molecule has 0 saturated carbocycles. The van der Waals surface area contributed by atoms with Crippen LogP contribution in [0.4, 0.5) is 5.69 Å². The first kappa shape index (κ1) is 16.0. The zero-order valence-corrected chi connectivity index (χ0v) is 14.3. The first-order chi connectivity index (χ1) is 12.6. The molecule has 2 aromatic heterocycles. The highest BCUT2D eigenvalue weighted by Gasteiger charge is 2.22. The van der Waals surface area contributed by atoms with Crippen molar-refractivity contribution in [3.05, 3.63) is 83.8 Å². The molecule has 1 unspecified atom stereocenters. The second-order valence-electron chi connectivity index (χ2n) is 6.28. The maximum atomic E-state index is 10.00. The lowest BCUT2D eigenvalue weighted by Crippen LogP contribution is -2.13. The minimum absolute atomic E-state index is 0.135. The summed E-state index contributed by atoms with van der Waals surface area (Å²) in [5.41, 5.74) is 4.91. The monoisotopic (exact) mass is 345 g/mol. The molecule has 4 N–H and O–H groups in total. The SMILES string of the molecule is Cc1[nH]c2ccccc2c1C(Nc1cccnc1)c1ccc(O)c(O)c1. The van der Waals surface area contributed by atoms with Crippen LogP contribution >= 0.6 is 0 Å². The number of nitrogens with one attached hydrogen (secondary N) is 2. The van der Waals surface area contributed by atoms with E-state index in [0.29, 0.717) is 0 Å². The largest absolute Gasteiger partial charge is 0.504 e.